The molecule has 0 aliphatic heterocycles. The van der Waals surface area contributed by atoms with E-state index in [1.165, 1.54) is 46.7 Å². The Bertz CT molecular complexity index is 1480. The van der Waals surface area contributed by atoms with Crippen LogP contribution in [0.4, 0.5) is 10.1 Å². The molecule has 6 nitrogen and oxygen atoms in total. The summed E-state index contributed by atoms with van der Waals surface area (Å²) in [7, 11) is 1.67. The Morgan fingerprint density at radius 3 is 2.61 bits per heavy atom. The monoisotopic (exact) mass is 456 g/mol. The number of hydrogen-bond acceptors (Lipinski definition) is 5. The molecule has 0 saturated heterocycles. The minimum Gasteiger partial charge on any atom is -0.311 e. The summed E-state index contributed by atoms with van der Waals surface area (Å²) in [6, 6.07) is 18.3. The quantitative estimate of drug-likeness (QED) is 0.345. The number of halogens is 1. The average Bonchev–Trinajstić information content (AvgIpc) is 3.54. The van der Waals surface area contributed by atoms with Gasteiger partial charge in [-0.25, -0.2) is 13.9 Å². The normalized spacial score (nSPS) is 11.0. The number of nitrogens with zero attached hydrogens (tertiary/aromatic N) is 4. The summed E-state index contributed by atoms with van der Waals surface area (Å²) in [5, 5.41) is 6.27. The second-order valence-electron chi connectivity index (χ2n) is 7.35. The number of hydrogen-bond donors (Lipinski definition) is 0. The fraction of sp³-hybridized carbons (Fsp3) is 0.0400. The highest BCUT2D eigenvalue weighted by Crippen LogP contribution is 2.27. The van der Waals surface area contributed by atoms with E-state index >= 15 is 0 Å². The smallest absolute Gasteiger partial charge is 0.258 e. The molecule has 0 bridgehead atoms. The summed E-state index contributed by atoms with van der Waals surface area (Å²) in [5.41, 5.74) is 3.48. The number of ketones is 1. The Hall–Kier alpha value is -4.17. The molecule has 0 atom stereocenters. The number of thiophene rings is 1. The summed E-state index contributed by atoms with van der Waals surface area (Å²) >= 11 is 1.37. The molecule has 3 aromatic heterocycles. The van der Waals surface area contributed by atoms with Crippen LogP contribution in [0.15, 0.2) is 84.5 Å². The molecule has 0 saturated carbocycles. The minimum absolute atomic E-state index is 0.122. The van der Waals surface area contributed by atoms with Gasteiger partial charge in [0.15, 0.2) is 5.65 Å². The third-order valence-corrected chi connectivity index (χ3v) is 6.18. The molecule has 0 aliphatic rings. The predicted molar refractivity (Wildman–Crippen MR) is 125 cm³/mol. The zero-order valence-electron chi connectivity index (χ0n) is 17.5. The molecular weight excluding hydrogens is 439 g/mol. The van der Waals surface area contributed by atoms with Crippen molar-refractivity contribution in [3.63, 3.8) is 0 Å². The summed E-state index contributed by atoms with van der Waals surface area (Å²) in [4.78, 5) is 32.2. The number of rotatable bonds is 5. The SMILES string of the molecule is CN(C(=O)c1ccc(F)cc1)c1cccc(-c2ccnc3c(C(=O)c4cccs4)cnn23)c1. The van der Waals surface area contributed by atoms with E-state index in [9.17, 15) is 14.0 Å². The fourth-order valence-electron chi connectivity index (χ4n) is 3.59. The molecule has 0 aliphatic carbocycles. The lowest BCUT2D eigenvalue weighted by Gasteiger charge is -2.18. The van der Waals surface area contributed by atoms with E-state index in [0.717, 1.165) is 11.3 Å². The van der Waals surface area contributed by atoms with Crippen molar-refractivity contribution in [1.29, 1.82) is 0 Å². The molecule has 1 amide bonds. The van der Waals surface area contributed by atoms with Crippen LogP contribution in [0.1, 0.15) is 25.6 Å². The van der Waals surface area contributed by atoms with E-state index in [1.807, 2.05) is 35.7 Å². The van der Waals surface area contributed by atoms with Crippen LogP contribution in [0, 0.1) is 5.82 Å². The highest BCUT2D eigenvalue weighted by atomic mass is 32.1. The van der Waals surface area contributed by atoms with Gasteiger partial charge in [-0.2, -0.15) is 5.10 Å². The van der Waals surface area contributed by atoms with Gasteiger partial charge in [-0.05, 0) is 53.9 Å². The fourth-order valence-corrected chi connectivity index (χ4v) is 4.27. The molecule has 0 spiro atoms. The maximum atomic E-state index is 13.2. The van der Waals surface area contributed by atoms with Gasteiger partial charge in [-0.3, -0.25) is 9.59 Å². The number of anilines is 1. The van der Waals surface area contributed by atoms with Crippen LogP contribution in [-0.2, 0) is 0 Å². The van der Waals surface area contributed by atoms with Crippen LogP contribution >= 0.6 is 11.3 Å². The van der Waals surface area contributed by atoms with Crippen molar-refractivity contribution in [1.82, 2.24) is 14.6 Å². The van der Waals surface area contributed by atoms with Crippen LogP contribution in [0.25, 0.3) is 16.9 Å². The molecule has 0 unspecified atom stereocenters. The Labute approximate surface area is 192 Å². The van der Waals surface area contributed by atoms with Crippen molar-refractivity contribution < 1.29 is 14.0 Å². The van der Waals surface area contributed by atoms with Crippen molar-refractivity contribution in [2.45, 2.75) is 0 Å². The first-order valence-corrected chi connectivity index (χ1v) is 11.0. The zero-order valence-corrected chi connectivity index (χ0v) is 18.3. The second-order valence-corrected chi connectivity index (χ2v) is 8.30. The Balaban J connectivity index is 1.51. The van der Waals surface area contributed by atoms with Crippen molar-refractivity contribution in [3.05, 3.63) is 106 Å². The first kappa shape index (κ1) is 20.7. The maximum Gasteiger partial charge on any atom is 0.258 e. The van der Waals surface area contributed by atoms with Gasteiger partial charge in [0, 0.05) is 30.1 Å². The zero-order chi connectivity index (χ0) is 22.9. The molecule has 0 radical (unpaired) electrons. The molecule has 0 N–H and O–H groups in total. The van der Waals surface area contributed by atoms with Gasteiger partial charge in [0.2, 0.25) is 5.78 Å². The van der Waals surface area contributed by atoms with E-state index in [4.69, 9.17) is 0 Å². The highest BCUT2D eigenvalue weighted by Gasteiger charge is 2.19. The lowest BCUT2D eigenvalue weighted by Crippen LogP contribution is -2.26. The molecule has 2 aromatic carbocycles. The lowest BCUT2D eigenvalue weighted by molar-refractivity contribution is 0.0991. The lowest BCUT2D eigenvalue weighted by atomic mass is 10.1. The van der Waals surface area contributed by atoms with Gasteiger partial charge >= 0.3 is 0 Å². The Kier molecular flexibility index (Phi) is 5.27. The van der Waals surface area contributed by atoms with Crippen LogP contribution in [0.5, 0.6) is 0 Å². The molecule has 33 heavy (non-hydrogen) atoms. The number of aromatic nitrogens is 3. The van der Waals surface area contributed by atoms with E-state index < -0.39 is 5.82 Å². The van der Waals surface area contributed by atoms with Crippen LogP contribution in [0.2, 0.25) is 0 Å². The topological polar surface area (TPSA) is 67.6 Å². The van der Waals surface area contributed by atoms with Gasteiger partial charge in [0.05, 0.1) is 22.3 Å². The summed E-state index contributed by atoms with van der Waals surface area (Å²) in [6.07, 6.45) is 3.17. The van der Waals surface area contributed by atoms with Gasteiger partial charge in [-0.15, -0.1) is 11.3 Å². The van der Waals surface area contributed by atoms with E-state index in [0.29, 0.717) is 27.3 Å². The first-order valence-electron chi connectivity index (χ1n) is 10.1. The molecule has 162 valence electrons. The van der Waals surface area contributed by atoms with Crippen molar-refractivity contribution in [3.8, 4) is 11.3 Å². The van der Waals surface area contributed by atoms with Gasteiger partial charge < -0.3 is 4.90 Å². The third-order valence-electron chi connectivity index (χ3n) is 5.32. The van der Waals surface area contributed by atoms with Crippen molar-refractivity contribution in [2.75, 3.05) is 11.9 Å². The molecule has 0 fully saturated rings. The number of carbonyl (C=O) groups is 2. The summed E-state index contributed by atoms with van der Waals surface area (Å²) in [6.45, 7) is 0. The highest BCUT2D eigenvalue weighted by molar-refractivity contribution is 7.12. The van der Waals surface area contributed by atoms with Crippen LogP contribution < -0.4 is 4.90 Å². The predicted octanol–water partition coefficient (Wildman–Crippen LogP) is 5.10. The molecular formula is C25H17FN4O2S. The number of benzene rings is 2. The van der Waals surface area contributed by atoms with Crippen LogP contribution in [0.3, 0.4) is 0 Å². The molecule has 5 aromatic rings. The summed E-state index contributed by atoms with van der Waals surface area (Å²) < 4.78 is 14.8. The molecule has 3 heterocycles. The number of fused-ring (bicyclic) bond motifs is 1. The second kappa shape index (κ2) is 8.40. The van der Waals surface area contributed by atoms with Crippen molar-refractivity contribution >= 4 is 34.4 Å². The van der Waals surface area contributed by atoms with Crippen LogP contribution in [-0.4, -0.2) is 33.3 Å². The van der Waals surface area contributed by atoms with Gasteiger partial charge in [0.1, 0.15) is 5.82 Å². The largest absolute Gasteiger partial charge is 0.311 e. The third kappa shape index (κ3) is 3.81. The molecule has 8 heteroatoms. The number of amides is 1. The average molecular weight is 457 g/mol. The van der Waals surface area contributed by atoms with E-state index in [-0.39, 0.29) is 11.7 Å². The summed E-state index contributed by atoms with van der Waals surface area (Å²) in [5.74, 6) is -0.771. The Morgan fingerprint density at radius 2 is 1.85 bits per heavy atom. The first-order chi connectivity index (χ1) is 16.0. The van der Waals surface area contributed by atoms with Gasteiger partial charge in [-0.1, -0.05) is 18.2 Å². The standard InChI is InChI=1S/C25H17FN4O2S/c1-29(25(32)16-7-9-18(26)10-8-16)19-5-2-4-17(14-19)21-11-12-27-24-20(15-28-30(21)24)23(31)22-6-3-13-33-22/h2-15H,1H3. The van der Waals surface area contributed by atoms with Crippen molar-refractivity contribution in [2.24, 2.45) is 0 Å². The number of carbonyl (C=O) groups excluding carboxylic acids is 2. The van der Waals surface area contributed by atoms with E-state index in [1.54, 1.807) is 29.9 Å². The molecule has 5 rings (SSSR count). The maximum absolute atomic E-state index is 13.2. The van der Waals surface area contributed by atoms with E-state index in [2.05, 4.69) is 10.1 Å². The minimum atomic E-state index is -0.394. The Morgan fingerprint density at radius 1 is 1.03 bits per heavy atom. The van der Waals surface area contributed by atoms with Gasteiger partial charge in [0.25, 0.3) is 5.91 Å².